The maximum Gasteiger partial charge on any atom is 0.295 e. The summed E-state index contributed by atoms with van der Waals surface area (Å²) in [7, 11) is -4.43. The van der Waals surface area contributed by atoms with Gasteiger partial charge >= 0.3 is 0 Å². The van der Waals surface area contributed by atoms with E-state index in [9.17, 15) is 13.0 Å². The monoisotopic (exact) mass is 395 g/mol. The van der Waals surface area contributed by atoms with Crippen LogP contribution in [0, 0.1) is 0 Å². The molecular weight excluding hydrogens is 378 g/mol. The maximum atomic E-state index is 12.0. The molecule has 1 aliphatic heterocycles. The van der Waals surface area contributed by atoms with E-state index in [4.69, 9.17) is 15.5 Å². The molecule has 0 unspecified atom stereocenters. The summed E-state index contributed by atoms with van der Waals surface area (Å²) >= 11 is 0. The molecule has 4 rings (SSSR count). The first kappa shape index (κ1) is 18.2. The van der Waals surface area contributed by atoms with Crippen LogP contribution in [0.2, 0.25) is 0 Å². The third-order valence-corrected chi connectivity index (χ3v) is 5.53. The Hall–Kier alpha value is -3.13. The molecule has 0 saturated heterocycles. The minimum Gasteiger partial charge on any atom is -0.456 e. The second-order valence-corrected chi connectivity index (χ2v) is 7.66. The molecule has 28 heavy (non-hydrogen) atoms. The van der Waals surface area contributed by atoms with Crippen molar-refractivity contribution in [2.24, 2.45) is 5.90 Å². The normalized spacial score (nSPS) is 13.5. The van der Waals surface area contributed by atoms with E-state index in [-0.39, 0.29) is 4.90 Å². The fraction of sp³-hybridized carbons (Fsp3) is 0.0476. The highest BCUT2D eigenvalue weighted by molar-refractivity contribution is 7.86. The minimum absolute atomic E-state index is 0.172. The van der Waals surface area contributed by atoms with Gasteiger partial charge in [-0.25, -0.2) is 0 Å². The topological polar surface area (TPSA) is 98.9 Å². The molecule has 3 aromatic rings. The average Bonchev–Trinajstić information content (AvgIpc) is 2.70. The van der Waals surface area contributed by atoms with Gasteiger partial charge in [-0.3, -0.25) is 4.55 Å². The molecule has 1 heterocycles. The molecule has 0 aliphatic carbocycles. The molecule has 0 bridgehead atoms. The van der Waals surface area contributed by atoms with Crippen molar-refractivity contribution < 1.29 is 22.5 Å². The van der Waals surface area contributed by atoms with Crippen LogP contribution in [-0.4, -0.2) is 13.0 Å². The third-order valence-electron chi connectivity index (χ3n) is 4.62. The molecule has 0 atom stereocenters. The summed E-state index contributed by atoms with van der Waals surface area (Å²) in [6.07, 6.45) is 1.93. The van der Waals surface area contributed by atoms with Gasteiger partial charge in [0.1, 0.15) is 16.4 Å². The summed E-state index contributed by atoms with van der Waals surface area (Å²) in [5.41, 5.74) is 1.68. The van der Waals surface area contributed by atoms with Crippen LogP contribution in [0.15, 0.2) is 65.6 Å². The quantitative estimate of drug-likeness (QED) is 0.408. The third kappa shape index (κ3) is 3.05. The van der Waals surface area contributed by atoms with Crippen molar-refractivity contribution in [1.82, 2.24) is 0 Å². The van der Waals surface area contributed by atoms with Crippen LogP contribution in [0.5, 0.6) is 17.2 Å². The molecule has 0 amide bonds. The van der Waals surface area contributed by atoms with E-state index in [0.717, 1.165) is 10.4 Å². The van der Waals surface area contributed by atoms with Crippen LogP contribution < -0.4 is 25.9 Å². The first-order valence-electron chi connectivity index (χ1n) is 8.49. The van der Waals surface area contributed by atoms with E-state index in [1.54, 1.807) is 36.4 Å². The molecule has 0 spiro atoms. The van der Waals surface area contributed by atoms with Gasteiger partial charge in [-0.2, -0.15) is 14.3 Å². The van der Waals surface area contributed by atoms with Gasteiger partial charge in [0.2, 0.25) is 0 Å². The van der Waals surface area contributed by atoms with Gasteiger partial charge in [0.05, 0.1) is 0 Å². The van der Waals surface area contributed by atoms with Gasteiger partial charge in [-0.15, -0.1) is 0 Å². The molecule has 0 saturated carbocycles. The van der Waals surface area contributed by atoms with E-state index in [2.05, 4.69) is 0 Å². The number of fused-ring (bicyclic) bond motifs is 2. The molecular formula is C21H17NO5S. The van der Waals surface area contributed by atoms with E-state index in [1.165, 1.54) is 6.07 Å². The lowest BCUT2D eigenvalue weighted by molar-refractivity contribution is 0.332. The van der Waals surface area contributed by atoms with E-state index < -0.39 is 10.1 Å². The molecule has 7 heteroatoms. The van der Waals surface area contributed by atoms with Gasteiger partial charge in [0.25, 0.3) is 10.1 Å². The molecule has 1 aliphatic rings. The molecule has 6 nitrogen and oxygen atoms in total. The summed E-state index contributed by atoms with van der Waals surface area (Å²) in [6, 6.07) is 17.0. The van der Waals surface area contributed by atoms with Crippen LogP contribution in [0.25, 0.3) is 11.6 Å². The van der Waals surface area contributed by atoms with Gasteiger partial charge in [0, 0.05) is 28.0 Å². The van der Waals surface area contributed by atoms with Crippen LogP contribution >= 0.6 is 0 Å². The van der Waals surface area contributed by atoms with Gasteiger partial charge in [-0.1, -0.05) is 30.3 Å². The number of nitrogens with two attached hydrogens (primary N) is 1. The van der Waals surface area contributed by atoms with Crippen LogP contribution in [0.1, 0.15) is 18.1 Å². The number of hydrogen-bond donors (Lipinski definition) is 2. The molecule has 0 aromatic heterocycles. The number of rotatable bonds is 3. The standard InChI is InChI=1S/C21H17NO5S/c1-2-13-7-9-15-18(11-13)26-19-12-14(27-22)8-10-16(19)21(15)17-5-3-4-6-20(17)28(23,24)25/h2-12H,22H2,1H3,(H,23,24,25)/b13-2+. The predicted octanol–water partition coefficient (Wildman–Crippen LogP) is 2.34. The molecule has 142 valence electrons. The van der Waals surface area contributed by atoms with Crippen LogP contribution in [-0.2, 0) is 10.1 Å². The van der Waals surface area contributed by atoms with Crippen LogP contribution in [0.4, 0.5) is 0 Å². The first-order valence-corrected chi connectivity index (χ1v) is 9.93. The lowest BCUT2D eigenvalue weighted by Gasteiger charge is -2.22. The Morgan fingerprint density at radius 3 is 2.50 bits per heavy atom. The Kier molecular flexibility index (Phi) is 4.43. The Bertz CT molecular complexity index is 1310. The highest BCUT2D eigenvalue weighted by Crippen LogP contribution is 2.39. The SMILES string of the molecule is C/C=c1\ccc2c(c1)Oc1cc(ON)ccc1C=2c1ccccc1S(=O)(=O)O. The molecule has 0 fully saturated rings. The van der Waals surface area contributed by atoms with E-state index >= 15 is 0 Å². The second kappa shape index (κ2) is 6.79. The largest absolute Gasteiger partial charge is 0.456 e. The summed E-state index contributed by atoms with van der Waals surface area (Å²) in [5.74, 6) is 6.72. The minimum atomic E-state index is -4.43. The Morgan fingerprint density at radius 1 is 1.00 bits per heavy atom. The number of hydrogen-bond acceptors (Lipinski definition) is 5. The number of benzene rings is 3. The smallest absolute Gasteiger partial charge is 0.295 e. The summed E-state index contributed by atoms with van der Waals surface area (Å²) in [4.78, 5) is 4.63. The summed E-state index contributed by atoms with van der Waals surface area (Å²) in [5, 5.41) is 1.67. The van der Waals surface area contributed by atoms with Crippen molar-refractivity contribution in [2.45, 2.75) is 11.8 Å². The highest BCUT2D eigenvalue weighted by Gasteiger charge is 2.25. The van der Waals surface area contributed by atoms with Gasteiger partial charge in [0.15, 0.2) is 5.75 Å². The Morgan fingerprint density at radius 2 is 1.79 bits per heavy atom. The van der Waals surface area contributed by atoms with Crippen LogP contribution in [0.3, 0.4) is 0 Å². The lowest BCUT2D eigenvalue weighted by Crippen LogP contribution is -2.21. The first-order chi connectivity index (χ1) is 13.4. The van der Waals surface area contributed by atoms with Crippen molar-refractivity contribution >= 4 is 21.8 Å². The van der Waals surface area contributed by atoms with Crippen molar-refractivity contribution in [2.75, 3.05) is 0 Å². The highest BCUT2D eigenvalue weighted by atomic mass is 32.2. The maximum absolute atomic E-state index is 12.0. The Labute approximate surface area is 161 Å². The second-order valence-electron chi connectivity index (χ2n) is 6.27. The zero-order valence-corrected chi connectivity index (χ0v) is 15.7. The molecule has 3 N–H and O–H groups in total. The van der Waals surface area contributed by atoms with E-state index in [1.807, 2.05) is 31.2 Å². The van der Waals surface area contributed by atoms with Crippen molar-refractivity contribution in [3.8, 4) is 17.2 Å². The summed E-state index contributed by atoms with van der Waals surface area (Å²) < 4.78 is 39.8. The van der Waals surface area contributed by atoms with Crippen molar-refractivity contribution in [3.05, 3.63) is 82.2 Å². The van der Waals surface area contributed by atoms with Gasteiger partial charge < -0.3 is 9.57 Å². The zero-order valence-electron chi connectivity index (χ0n) is 14.9. The zero-order chi connectivity index (χ0) is 19.9. The lowest BCUT2D eigenvalue weighted by atomic mass is 9.92. The van der Waals surface area contributed by atoms with Crippen molar-refractivity contribution in [1.29, 1.82) is 0 Å². The predicted molar refractivity (Wildman–Crippen MR) is 105 cm³/mol. The fourth-order valence-electron chi connectivity index (χ4n) is 3.33. The fourth-order valence-corrected chi connectivity index (χ4v) is 4.03. The van der Waals surface area contributed by atoms with Crippen molar-refractivity contribution in [3.63, 3.8) is 0 Å². The number of ether oxygens (including phenoxy) is 1. The molecule has 3 aromatic carbocycles. The Balaban J connectivity index is 2.15. The van der Waals surface area contributed by atoms with E-state index in [0.29, 0.717) is 33.9 Å². The summed E-state index contributed by atoms with van der Waals surface area (Å²) in [6.45, 7) is 1.91. The average molecular weight is 395 g/mol. The van der Waals surface area contributed by atoms with Gasteiger partial charge in [-0.05, 0) is 42.5 Å². The molecule has 0 radical (unpaired) electrons.